The SMILES string of the molecule is FC(F)C(F)(Cl)C(F)(F)c1ccccc1. The van der Waals surface area contributed by atoms with Gasteiger partial charge in [-0.15, -0.1) is 0 Å². The van der Waals surface area contributed by atoms with Crippen LogP contribution in [0, 0.1) is 0 Å². The molecule has 6 heteroatoms. The van der Waals surface area contributed by atoms with E-state index in [4.69, 9.17) is 0 Å². The first kappa shape index (κ1) is 12.2. The van der Waals surface area contributed by atoms with Gasteiger partial charge in [-0.25, -0.2) is 13.2 Å². The van der Waals surface area contributed by atoms with Crippen molar-refractivity contribution in [2.45, 2.75) is 17.5 Å². The monoisotopic (exact) mass is 244 g/mol. The number of hydrogen-bond donors (Lipinski definition) is 0. The molecule has 0 aromatic heterocycles. The van der Waals surface area contributed by atoms with E-state index in [2.05, 4.69) is 11.6 Å². The first-order valence-corrected chi connectivity index (χ1v) is 4.27. The molecule has 0 saturated carbocycles. The Morgan fingerprint density at radius 1 is 1.00 bits per heavy atom. The molecule has 0 aliphatic heterocycles. The number of rotatable bonds is 3. The Kier molecular flexibility index (Phi) is 3.23. The van der Waals surface area contributed by atoms with Crippen molar-refractivity contribution in [2.75, 3.05) is 0 Å². The zero-order valence-electron chi connectivity index (χ0n) is 7.23. The van der Waals surface area contributed by atoms with Crippen molar-refractivity contribution >= 4 is 11.6 Å². The third kappa shape index (κ3) is 2.07. The van der Waals surface area contributed by atoms with Crippen LogP contribution in [0.15, 0.2) is 30.3 Å². The summed E-state index contributed by atoms with van der Waals surface area (Å²) in [6.07, 6.45) is -3.98. The van der Waals surface area contributed by atoms with Gasteiger partial charge < -0.3 is 0 Å². The van der Waals surface area contributed by atoms with E-state index in [0.717, 1.165) is 12.1 Å². The van der Waals surface area contributed by atoms with Crippen molar-refractivity contribution in [3.05, 3.63) is 35.9 Å². The van der Waals surface area contributed by atoms with Gasteiger partial charge in [-0.3, -0.25) is 0 Å². The third-order valence-corrected chi connectivity index (χ3v) is 2.23. The maximum atomic E-state index is 13.2. The highest BCUT2D eigenvalue weighted by Gasteiger charge is 2.61. The Morgan fingerprint density at radius 2 is 1.47 bits per heavy atom. The molecule has 1 rings (SSSR count). The highest BCUT2D eigenvalue weighted by atomic mass is 35.5. The Labute approximate surface area is 87.7 Å². The van der Waals surface area contributed by atoms with Crippen LogP contribution in [0.5, 0.6) is 0 Å². The maximum Gasteiger partial charge on any atom is 0.326 e. The molecule has 0 heterocycles. The quantitative estimate of drug-likeness (QED) is 0.558. The first-order chi connectivity index (χ1) is 6.80. The summed E-state index contributed by atoms with van der Waals surface area (Å²) in [6.45, 7) is 0. The van der Waals surface area contributed by atoms with E-state index in [9.17, 15) is 22.0 Å². The molecule has 0 aliphatic rings. The molecule has 0 N–H and O–H groups in total. The molecule has 15 heavy (non-hydrogen) atoms. The molecule has 0 radical (unpaired) electrons. The third-order valence-electron chi connectivity index (χ3n) is 1.83. The van der Waals surface area contributed by atoms with Gasteiger partial charge in [0.2, 0.25) is 0 Å². The molecule has 1 aromatic carbocycles. The average Bonchev–Trinajstić information content (AvgIpc) is 2.18. The standard InChI is InChI=1S/C9H6ClF5/c10-8(13,7(11)12)9(14,15)6-4-2-1-3-5-6/h1-5,7H. The van der Waals surface area contributed by atoms with Crippen molar-refractivity contribution in [3.63, 3.8) is 0 Å². The minimum atomic E-state index is -4.44. The summed E-state index contributed by atoms with van der Waals surface area (Å²) in [5, 5.41) is -4.39. The Bertz CT molecular complexity index is 323. The van der Waals surface area contributed by atoms with Crippen LogP contribution in [0.2, 0.25) is 0 Å². The molecular weight excluding hydrogens is 239 g/mol. The van der Waals surface area contributed by atoms with Crippen LogP contribution in [-0.2, 0) is 5.92 Å². The normalized spacial score (nSPS) is 16.5. The molecule has 0 spiro atoms. The summed E-state index contributed by atoms with van der Waals surface area (Å²) >= 11 is 4.53. The molecule has 1 unspecified atom stereocenters. The van der Waals surface area contributed by atoms with Crippen LogP contribution in [0.25, 0.3) is 0 Å². The largest absolute Gasteiger partial charge is 0.326 e. The Balaban J connectivity index is 3.13. The van der Waals surface area contributed by atoms with Gasteiger partial charge in [0.05, 0.1) is 0 Å². The molecule has 0 fully saturated rings. The molecule has 0 saturated heterocycles. The smallest absolute Gasteiger partial charge is 0.212 e. The summed E-state index contributed by atoms with van der Waals surface area (Å²) in [6, 6.07) is 5.43. The van der Waals surface area contributed by atoms with E-state index in [-0.39, 0.29) is 0 Å². The lowest BCUT2D eigenvalue weighted by atomic mass is 10.0. The van der Waals surface area contributed by atoms with E-state index in [1.54, 1.807) is 0 Å². The van der Waals surface area contributed by atoms with Gasteiger partial charge >= 0.3 is 11.1 Å². The molecule has 1 atom stereocenters. The molecule has 0 bridgehead atoms. The van der Waals surface area contributed by atoms with Crippen LogP contribution < -0.4 is 0 Å². The Hall–Kier alpha value is -0.840. The maximum absolute atomic E-state index is 13.2. The molecule has 1 aromatic rings. The van der Waals surface area contributed by atoms with Gasteiger partial charge in [0, 0.05) is 5.56 Å². The minimum absolute atomic E-state index is 0.832. The highest BCUT2D eigenvalue weighted by molar-refractivity contribution is 6.23. The zero-order chi connectivity index (χ0) is 11.7. The summed E-state index contributed by atoms with van der Waals surface area (Å²) in [7, 11) is 0. The van der Waals surface area contributed by atoms with E-state index < -0.39 is 23.0 Å². The van der Waals surface area contributed by atoms with Crippen molar-refractivity contribution in [1.82, 2.24) is 0 Å². The van der Waals surface area contributed by atoms with Crippen LogP contribution >= 0.6 is 11.6 Å². The van der Waals surface area contributed by atoms with Gasteiger partial charge in [-0.2, -0.15) is 8.78 Å². The first-order valence-electron chi connectivity index (χ1n) is 3.89. The molecule has 84 valence electrons. The van der Waals surface area contributed by atoms with Crippen molar-refractivity contribution in [3.8, 4) is 0 Å². The van der Waals surface area contributed by atoms with Crippen LogP contribution in [0.1, 0.15) is 5.56 Å². The zero-order valence-corrected chi connectivity index (χ0v) is 7.99. The van der Waals surface area contributed by atoms with Crippen LogP contribution in [0.4, 0.5) is 22.0 Å². The van der Waals surface area contributed by atoms with Crippen molar-refractivity contribution in [2.24, 2.45) is 0 Å². The summed E-state index contributed by atoms with van der Waals surface area (Å²) in [5.74, 6) is -4.44. The van der Waals surface area contributed by atoms with Gasteiger partial charge in [-0.05, 0) is 0 Å². The van der Waals surface area contributed by atoms with Crippen molar-refractivity contribution in [1.29, 1.82) is 0 Å². The lowest BCUT2D eigenvalue weighted by molar-refractivity contribution is -0.158. The van der Waals surface area contributed by atoms with Crippen LogP contribution in [0.3, 0.4) is 0 Å². The Morgan fingerprint density at radius 3 is 1.87 bits per heavy atom. The lowest BCUT2D eigenvalue weighted by Crippen LogP contribution is -2.43. The van der Waals surface area contributed by atoms with Gasteiger partial charge in [0.15, 0.2) is 0 Å². The second-order valence-electron chi connectivity index (χ2n) is 2.86. The van der Waals surface area contributed by atoms with Crippen molar-refractivity contribution < 1.29 is 22.0 Å². The van der Waals surface area contributed by atoms with Gasteiger partial charge in [0.1, 0.15) is 0 Å². The summed E-state index contributed by atoms with van der Waals surface area (Å²) in [5.41, 5.74) is -0.886. The predicted octanol–water partition coefficient (Wildman–Crippen LogP) is 3.95. The number of alkyl halides is 6. The molecule has 0 nitrogen and oxygen atoms in total. The lowest BCUT2D eigenvalue weighted by Gasteiger charge is -2.27. The van der Waals surface area contributed by atoms with Crippen LogP contribution in [-0.4, -0.2) is 11.6 Å². The van der Waals surface area contributed by atoms with E-state index >= 15 is 0 Å². The number of benzene rings is 1. The van der Waals surface area contributed by atoms with E-state index in [0.29, 0.717) is 0 Å². The fourth-order valence-corrected chi connectivity index (χ4v) is 1.09. The number of hydrogen-bond acceptors (Lipinski definition) is 0. The number of halogens is 6. The molecule has 0 amide bonds. The average molecular weight is 245 g/mol. The fourth-order valence-electron chi connectivity index (χ4n) is 0.977. The topological polar surface area (TPSA) is 0 Å². The van der Waals surface area contributed by atoms with E-state index in [1.165, 1.54) is 18.2 Å². The summed E-state index contributed by atoms with van der Waals surface area (Å²) in [4.78, 5) is 0. The minimum Gasteiger partial charge on any atom is -0.212 e. The summed E-state index contributed by atoms with van der Waals surface area (Å²) < 4.78 is 63.4. The van der Waals surface area contributed by atoms with Gasteiger partial charge in [0.25, 0.3) is 6.43 Å². The second-order valence-corrected chi connectivity index (χ2v) is 3.41. The molecular formula is C9H6ClF5. The predicted molar refractivity (Wildman–Crippen MR) is 46.0 cm³/mol. The highest BCUT2D eigenvalue weighted by Crippen LogP contribution is 2.47. The van der Waals surface area contributed by atoms with Gasteiger partial charge in [-0.1, -0.05) is 41.9 Å². The second kappa shape index (κ2) is 3.96. The van der Waals surface area contributed by atoms with E-state index in [1.807, 2.05) is 0 Å². The molecule has 0 aliphatic carbocycles. The fraction of sp³-hybridized carbons (Fsp3) is 0.333.